The van der Waals surface area contributed by atoms with Gasteiger partial charge in [0, 0.05) is 26.0 Å². The van der Waals surface area contributed by atoms with Crippen molar-refractivity contribution < 1.29 is 9.18 Å². The molecule has 20 heavy (non-hydrogen) atoms. The molecule has 0 saturated carbocycles. The Hall–Kier alpha value is -2.74. The highest BCUT2D eigenvalue weighted by Crippen LogP contribution is 2.12. The summed E-state index contributed by atoms with van der Waals surface area (Å²) < 4.78 is 13.1. The van der Waals surface area contributed by atoms with Crippen molar-refractivity contribution in [1.82, 2.24) is 9.88 Å². The van der Waals surface area contributed by atoms with Gasteiger partial charge in [-0.15, -0.1) is 0 Å². The van der Waals surface area contributed by atoms with Gasteiger partial charge in [0.15, 0.2) is 0 Å². The van der Waals surface area contributed by atoms with Crippen molar-refractivity contribution in [3.63, 3.8) is 0 Å². The number of halogens is 1. The van der Waals surface area contributed by atoms with E-state index in [9.17, 15) is 9.18 Å². The number of nitrogens with zero attached hydrogens (tertiary/aromatic N) is 3. The van der Waals surface area contributed by atoms with Gasteiger partial charge in [0.05, 0.1) is 11.1 Å². The van der Waals surface area contributed by atoms with E-state index in [2.05, 4.69) is 4.98 Å². The summed E-state index contributed by atoms with van der Waals surface area (Å²) in [7, 11) is 1.60. The second kappa shape index (κ2) is 5.93. The van der Waals surface area contributed by atoms with Crippen LogP contribution in [0.25, 0.3) is 0 Å². The molecule has 100 valence electrons. The minimum absolute atomic E-state index is 0.244. The highest BCUT2D eigenvalue weighted by Gasteiger charge is 2.16. The maximum atomic E-state index is 13.1. The maximum absolute atomic E-state index is 13.1. The molecular formula is C15H12FN3O. The SMILES string of the molecule is CN(Cc1cccc(F)c1)C(=O)c1cnccc1C#N. The fourth-order valence-electron chi connectivity index (χ4n) is 1.85. The van der Waals surface area contributed by atoms with Crippen LogP contribution in [-0.4, -0.2) is 22.8 Å². The number of rotatable bonds is 3. The quantitative estimate of drug-likeness (QED) is 0.859. The van der Waals surface area contributed by atoms with Crippen molar-refractivity contribution in [1.29, 1.82) is 5.26 Å². The number of hydrogen-bond acceptors (Lipinski definition) is 3. The minimum atomic E-state index is -0.345. The van der Waals surface area contributed by atoms with Crippen molar-refractivity contribution in [2.24, 2.45) is 0 Å². The number of carbonyl (C=O) groups excluding carboxylic acids is 1. The number of aromatic nitrogens is 1. The first-order valence-electron chi connectivity index (χ1n) is 5.96. The van der Waals surface area contributed by atoms with Crippen LogP contribution in [0.2, 0.25) is 0 Å². The Balaban J connectivity index is 2.19. The number of carbonyl (C=O) groups is 1. The zero-order valence-corrected chi connectivity index (χ0v) is 10.9. The fourth-order valence-corrected chi connectivity index (χ4v) is 1.85. The second-order valence-corrected chi connectivity index (χ2v) is 4.32. The Morgan fingerprint density at radius 2 is 2.25 bits per heavy atom. The summed E-state index contributed by atoms with van der Waals surface area (Å²) in [6, 6.07) is 9.50. The van der Waals surface area contributed by atoms with Gasteiger partial charge in [-0.25, -0.2) is 4.39 Å². The molecule has 1 amide bonds. The fraction of sp³-hybridized carbons (Fsp3) is 0.133. The summed E-state index contributed by atoms with van der Waals surface area (Å²) in [5.74, 6) is -0.665. The zero-order valence-electron chi connectivity index (χ0n) is 10.9. The third-order valence-corrected chi connectivity index (χ3v) is 2.83. The molecule has 1 aromatic heterocycles. The third kappa shape index (κ3) is 2.98. The van der Waals surface area contributed by atoms with Crippen LogP contribution in [0, 0.1) is 17.1 Å². The third-order valence-electron chi connectivity index (χ3n) is 2.83. The van der Waals surface area contributed by atoms with E-state index in [1.807, 2.05) is 6.07 Å². The average Bonchev–Trinajstić information content (AvgIpc) is 2.46. The lowest BCUT2D eigenvalue weighted by atomic mass is 10.1. The Bertz CT molecular complexity index is 679. The van der Waals surface area contributed by atoms with E-state index in [0.717, 1.165) is 0 Å². The van der Waals surface area contributed by atoms with Gasteiger partial charge in [0.25, 0.3) is 5.91 Å². The Morgan fingerprint density at radius 1 is 1.45 bits per heavy atom. The van der Waals surface area contributed by atoms with E-state index in [4.69, 9.17) is 5.26 Å². The molecule has 0 bridgehead atoms. The number of benzene rings is 1. The van der Waals surface area contributed by atoms with Gasteiger partial charge >= 0.3 is 0 Å². The molecule has 4 nitrogen and oxygen atoms in total. The van der Waals surface area contributed by atoms with Crippen LogP contribution in [0.15, 0.2) is 42.7 Å². The van der Waals surface area contributed by atoms with Gasteiger partial charge in [-0.2, -0.15) is 5.26 Å². The number of nitriles is 1. The molecule has 0 radical (unpaired) electrons. The summed E-state index contributed by atoms with van der Waals surface area (Å²) in [6.45, 7) is 0.260. The molecular weight excluding hydrogens is 257 g/mol. The van der Waals surface area contributed by atoms with Gasteiger partial charge in [0.1, 0.15) is 11.9 Å². The van der Waals surface area contributed by atoms with Crippen molar-refractivity contribution in [2.45, 2.75) is 6.54 Å². The summed E-state index contributed by atoms with van der Waals surface area (Å²) in [6.07, 6.45) is 2.82. The average molecular weight is 269 g/mol. The summed E-state index contributed by atoms with van der Waals surface area (Å²) in [5, 5.41) is 8.98. The van der Waals surface area contributed by atoms with Crippen molar-refractivity contribution in [3.8, 4) is 6.07 Å². The molecule has 0 saturated heterocycles. The van der Waals surface area contributed by atoms with Gasteiger partial charge in [-0.1, -0.05) is 12.1 Å². The van der Waals surface area contributed by atoms with E-state index in [-0.39, 0.29) is 29.4 Å². The molecule has 1 aromatic carbocycles. The largest absolute Gasteiger partial charge is 0.337 e. The minimum Gasteiger partial charge on any atom is -0.337 e. The molecule has 0 aliphatic rings. The summed E-state index contributed by atoms with van der Waals surface area (Å²) in [5.41, 5.74) is 1.20. The predicted molar refractivity (Wildman–Crippen MR) is 71.1 cm³/mol. The predicted octanol–water partition coefficient (Wildman–Crippen LogP) is 2.36. The van der Waals surface area contributed by atoms with Crippen LogP contribution in [-0.2, 0) is 6.54 Å². The molecule has 0 spiro atoms. The summed E-state index contributed by atoms with van der Waals surface area (Å²) in [4.78, 5) is 17.5. The topological polar surface area (TPSA) is 57.0 Å². The standard InChI is InChI=1S/C15H12FN3O/c1-19(10-11-3-2-4-13(16)7-11)15(20)14-9-18-6-5-12(14)8-17/h2-7,9H,10H2,1H3. The van der Waals surface area contributed by atoms with Crippen LogP contribution in [0.3, 0.4) is 0 Å². The molecule has 2 rings (SSSR count). The number of pyridine rings is 1. The van der Waals surface area contributed by atoms with Crippen LogP contribution in [0.1, 0.15) is 21.5 Å². The molecule has 0 fully saturated rings. The molecule has 0 unspecified atom stereocenters. The van der Waals surface area contributed by atoms with E-state index in [0.29, 0.717) is 5.56 Å². The highest BCUT2D eigenvalue weighted by atomic mass is 19.1. The first-order chi connectivity index (χ1) is 9.61. The van der Waals surface area contributed by atoms with E-state index in [1.54, 1.807) is 19.2 Å². The zero-order chi connectivity index (χ0) is 14.5. The lowest BCUT2D eigenvalue weighted by Crippen LogP contribution is -2.27. The Labute approximate surface area is 116 Å². The smallest absolute Gasteiger partial charge is 0.256 e. The van der Waals surface area contributed by atoms with E-state index < -0.39 is 0 Å². The molecule has 0 atom stereocenters. The normalized spacial score (nSPS) is 9.85. The number of amides is 1. The first kappa shape index (κ1) is 13.7. The monoisotopic (exact) mass is 269 g/mol. The van der Waals surface area contributed by atoms with E-state index >= 15 is 0 Å². The van der Waals surface area contributed by atoms with Gasteiger partial charge in [-0.05, 0) is 23.8 Å². The molecule has 0 aliphatic carbocycles. The lowest BCUT2D eigenvalue weighted by molar-refractivity contribution is 0.0784. The molecule has 0 N–H and O–H groups in total. The van der Waals surface area contributed by atoms with Crippen LogP contribution in [0.5, 0.6) is 0 Å². The Morgan fingerprint density at radius 3 is 2.95 bits per heavy atom. The lowest BCUT2D eigenvalue weighted by Gasteiger charge is -2.17. The van der Waals surface area contributed by atoms with Crippen molar-refractivity contribution >= 4 is 5.91 Å². The van der Waals surface area contributed by atoms with Crippen LogP contribution in [0.4, 0.5) is 4.39 Å². The molecule has 2 aromatic rings. The van der Waals surface area contributed by atoms with Gasteiger partial charge in [-0.3, -0.25) is 9.78 Å². The van der Waals surface area contributed by atoms with Crippen molar-refractivity contribution in [3.05, 3.63) is 65.2 Å². The highest BCUT2D eigenvalue weighted by molar-refractivity contribution is 5.96. The van der Waals surface area contributed by atoms with Gasteiger partial charge in [0.2, 0.25) is 0 Å². The second-order valence-electron chi connectivity index (χ2n) is 4.32. The molecule has 1 heterocycles. The van der Waals surface area contributed by atoms with Crippen LogP contribution >= 0.6 is 0 Å². The van der Waals surface area contributed by atoms with Crippen LogP contribution < -0.4 is 0 Å². The molecule has 0 aliphatic heterocycles. The first-order valence-corrected chi connectivity index (χ1v) is 5.96. The Kier molecular flexibility index (Phi) is 4.06. The number of hydrogen-bond donors (Lipinski definition) is 0. The molecule has 5 heteroatoms. The van der Waals surface area contributed by atoms with Crippen molar-refractivity contribution in [2.75, 3.05) is 7.05 Å². The maximum Gasteiger partial charge on any atom is 0.256 e. The van der Waals surface area contributed by atoms with Gasteiger partial charge < -0.3 is 4.90 Å². The van der Waals surface area contributed by atoms with E-state index in [1.165, 1.54) is 35.5 Å². The summed E-state index contributed by atoms with van der Waals surface area (Å²) >= 11 is 0.